The monoisotopic (exact) mass is 218 g/mol. The number of nitrogens with zero attached hydrogens (tertiary/aromatic N) is 3. The number of pyridine rings is 1. The van der Waals surface area contributed by atoms with Crippen LogP contribution in [0.2, 0.25) is 0 Å². The molecule has 2 heterocycles. The van der Waals surface area contributed by atoms with E-state index < -0.39 is 0 Å². The van der Waals surface area contributed by atoms with Gasteiger partial charge >= 0.3 is 0 Å². The highest BCUT2D eigenvalue weighted by atomic mass is 16.2. The number of amides is 1. The second kappa shape index (κ2) is 4.39. The summed E-state index contributed by atoms with van der Waals surface area (Å²) in [4.78, 5) is 19.1. The van der Waals surface area contributed by atoms with Crippen molar-refractivity contribution < 1.29 is 4.79 Å². The van der Waals surface area contributed by atoms with Crippen molar-refractivity contribution in [2.24, 2.45) is 0 Å². The van der Waals surface area contributed by atoms with Crippen molar-refractivity contribution in [3.8, 4) is 0 Å². The summed E-state index contributed by atoms with van der Waals surface area (Å²) in [6, 6.07) is 3.63. The van der Waals surface area contributed by atoms with Gasteiger partial charge in [0.2, 0.25) is 11.8 Å². The first-order valence-electron chi connectivity index (χ1n) is 4.60. The van der Waals surface area contributed by atoms with Crippen molar-refractivity contribution in [1.29, 1.82) is 0 Å². The zero-order chi connectivity index (χ0) is 11.4. The van der Waals surface area contributed by atoms with Crippen molar-refractivity contribution in [2.45, 2.75) is 6.54 Å². The van der Waals surface area contributed by atoms with Crippen LogP contribution < -0.4 is 11.1 Å². The fraction of sp³-hybridized carbons (Fsp3) is 0.111. The van der Waals surface area contributed by atoms with Crippen LogP contribution in [0.5, 0.6) is 0 Å². The van der Waals surface area contributed by atoms with Crippen LogP contribution >= 0.6 is 0 Å². The predicted molar refractivity (Wildman–Crippen MR) is 56.2 cm³/mol. The van der Waals surface area contributed by atoms with Crippen LogP contribution in [-0.2, 0) is 6.54 Å². The van der Waals surface area contributed by atoms with E-state index in [1.54, 1.807) is 12.4 Å². The molecule has 2 rings (SSSR count). The lowest BCUT2D eigenvalue weighted by Gasteiger charge is -2.01. The van der Waals surface area contributed by atoms with Crippen molar-refractivity contribution in [2.75, 3.05) is 5.73 Å². The van der Waals surface area contributed by atoms with Crippen molar-refractivity contribution in [3.63, 3.8) is 0 Å². The molecule has 16 heavy (non-hydrogen) atoms. The Morgan fingerprint density at radius 2 is 2.19 bits per heavy atom. The number of hydrogen-bond acceptors (Lipinski definition) is 5. The van der Waals surface area contributed by atoms with Gasteiger partial charge in [-0.2, -0.15) is 4.98 Å². The Kier molecular flexibility index (Phi) is 2.77. The van der Waals surface area contributed by atoms with Gasteiger partial charge in [-0.25, -0.2) is 0 Å². The van der Waals surface area contributed by atoms with Crippen LogP contribution in [0.3, 0.4) is 0 Å². The van der Waals surface area contributed by atoms with Gasteiger partial charge < -0.3 is 11.1 Å². The summed E-state index contributed by atoms with van der Waals surface area (Å²) in [5.41, 5.74) is 6.24. The van der Waals surface area contributed by atoms with Gasteiger partial charge in [0.1, 0.15) is 0 Å². The van der Waals surface area contributed by atoms with E-state index in [0.29, 0.717) is 6.54 Å². The molecule has 0 saturated carbocycles. The normalized spacial score (nSPS) is 10.0. The molecule has 2 aromatic rings. The average molecular weight is 218 g/mol. The number of hydrogen-bond donors (Lipinski definition) is 3. The third-order valence-electron chi connectivity index (χ3n) is 1.92. The fourth-order valence-electron chi connectivity index (χ4n) is 1.14. The van der Waals surface area contributed by atoms with E-state index in [2.05, 4.69) is 25.5 Å². The average Bonchev–Trinajstić information content (AvgIpc) is 2.74. The molecule has 7 nitrogen and oxygen atoms in total. The summed E-state index contributed by atoms with van der Waals surface area (Å²) in [6.07, 6.45) is 3.32. The molecule has 0 radical (unpaired) electrons. The van der Waals surface area contributed by atoms with Crippen LogP contribution in [0, 0.1) is 0 Å². The summed E-state index contributed by atoms with van der Waals surface area (Å²) in [6.45, 7) is 0.405. The molecular formula is C9H10N6O. The lowest BCUT2D eigenvalue weighted by atomic mass is 10.3. The van der Waals surface area contributed by atoms with Crippen LogP contribution in [-0.4, -0.2) is 26.1 Å². The lowest BCUT2D eigenvalue weighted by Crippen LogP contribution is -2.24. The Morgan fingerprint density at radius 1 is 1.44 bits per heavy atom. The molecule has 4 N–H and O–H groups in total. The van der Waals surface area contributed by atoms with E-state index in [0.717, 1.165) is 5.56 Å². The minimum absolute atomic E-state index is 0.0501. The number of nitrogens with two attached hydrogens (primary N) is 1. The third kappa shape index (κ3) is 2.32. The standard InChI is InChI=1S/C9H10N6O/c10-9-13-7(14-15-9)8(16)12-5-6-1-3-11-4-2-6/h1-4H,5H2,(H,12,16)(H3,10,13,14,15). The van der Waals surface area contributed by atoms with E-state index in [9.17, 15) is 4.79 Å². The number of rotatable bonds is 3. The number of aromatic nitrogens is 4. The highest BCUT2D eigenvalue weighted by Crippen LogP contribution is 1.97. The molecule has 0 aliphatic heterocycles. The predicted octanol–water partition coefficient (Wildman–Crippen LogP) is -0.288. The van der Waals surface area contributed by atoms with Gasteiger partial charge in [0.25, 0.3) is 5.91 Å². The van der Waals surface area contributed by atoms with Gasteiger partial charge in [-0.05, 0) is 17.7 Å². The zero-order valence-corrected chi connectivity index (χ0v) is 8.34. The summed E-state index contributed by atoms with van der Waals surface area (Å²) in [7, 11) is 0. The highest BCUT2D eigenvalue weighted by molar-refractivity contribution is 5.90. The lowest BCUT2D eigenvalue weighted by molar-refractivity contribution is 0.0941. The Morgan fingerprint density at radius 3 is 2.81 bits per heavy atom. The SMILES string of the molecule is Nc1n[nH]c(C(=O)NCc2ccncc2)n1. The topological polar surface area (TPSA) is 110 Å². The molecule has 0 bridgehead atoms. The minimum atomic E-state index is -0.346. The van der Waals surface area contributed by atoms with E-state index >= 15 is 0 Å². The number of aromatic amines is 1. The number of carbonyl (C=O) groups excluding carboxylic acids is 1. The molecule has 2 aromatic heterocycles. The van der Waals surface area contributed by atoms with E-state index in [1.165, 1.54) is 0 Å². The van der Waals surface area contributed by atoms with Gasteiger partial charge in [-0.3, -0.25) is 14.9 Å². The molecule has 0 aliphatic rings. The molecule has 82 valence electrons. The van der Waals surface area contributed by atoms with Gasteiger partial charge in [0.05, 0.1) is 0 Å². The minimum Gasteiger partial charge on any atom is -0.366 e. The van der Waals surface area contributed by atoms with Gasteiger partial charge in [-0.15, -0.1) is 5.10 Å². The molecule has 0 atom stereocenters. The molecule has 0 aromatic carbocycles. The fourth-order valence-corrected chi connectivity index (χ4v) is 1.14. The van der Waals surface area contributed by atoms with Gasteiger partial charge in [0.15, 0.2) is 0 Å². The molecule has 0 fully saturated rings. The largest absolute Gasteiger partial charge is 0.366 e. The zero-order valence-electron chi connectivity index (χ0n) is 8.34. The molecule has 0 saturated heterocycles. The first-order valence-corrected chi connectivity index (χ1v) is 4.60. The second-order valence-corrected chi connectivity index (χ2v) is 3.08. The van der Waals surface area contributed by atoms with E-state index in [-0.39, 0.29) is 17.7 Å². The Bertz CT molecular complexity index is 480. The number of H-pyrrole nitrogens is 1. The van der Waals surface area contributed by atoms with E-state index in [4.69, 9.17) is 5.73 Å². The molecule has 0 unspecified atom stereocenters. The second-order valence-electron chi connectivity index (χ2n) is 3.08. The maximum Gasteiger partial charge on any atom is 0.288 e. The Balaban J connectivity index is 1.94. The maximum atomic E-state index is 11.5. The molecule has 7 heteroatoms. The highest BCUT2D eigenvalue weighted by Gasteiger charge is 2.09. The van der Waals surface area contributed by atoms with Crippen LogP contribution in [0.25, 0.3) is 0 Å². The first-order chi connectivity index (χ1) is 7.75. The van der Waals surface area contributed by atoms with Crippen LogP contribution in [0.15, 0.2) is 24.5 Å². The molecule has 1 amide bonds. The van der Waals surface area contributed by atoms with Gasteiger partial charge in [0, 0.05) is 18.9 Å². The Labute approximate surface area is 91.1 Å². The quantitative estimate of drug-likeness (QED) is 0.655. The molecule has 0 spiro atoms. The first kappa shape index (κ1) is 10.1. The van der Waals surface area contributed by atoms with Crippen LogP contribution in [0.4, 0.5) is 5.95 Å². The maximum absolute atomic E-state index is 11.5. The van der Waals surface area contributed by atoms with Crippen molar-refractivity contribution >= 4 is 11.9 Å². The smallest absolute Gasteiger partial charge is 0.288 e. The Hall–Kier alpha value is -2.44. The summed E-state index contributed by atoms with van der Waals surface area (Å²) < 4.78 is 0. The van der Waals surface area contributed by atoms with Crippen molar-refractivity contribution in [1.82, 2.24) is 25.5 Å². The molecule has 0 aliphatic carbocycles. The van der Waals surface area contributed by atoms with Crippen LogP contribution in [0.1, 0.15) is 16.2 Å². The number of anilines is 1. The van der Waals surface area contributed by atoms with Gasteiger partial charge in [-0.1, -0.05) is 0 Å². The number of nitrogen functional groups attached to an aromatic ring is 1. The summed E-state index contributed by atoms with van der Waals surface area (Å²) >= 11 is 0. The summed E-state index contributed by atoms with van der Waals surface area (Å²) in [5.74, 6) is -0.193. The number of nitrogens with one attached hydrogen (secondary N) is 2. The van der Waals surface area contributed by atoms with Crippen molar-refractivity contribution in [3.05, 3.63) is 35.9 Å². The van der Waals surface area contributed by atoms with E-state index in [1.807, 2.05) is 12.1 Å². The third-order valence-corrected chi connectivity index (χ3v) is 1.92. The summed E-state index contributed by atoms with van der Waals surface area (Å²) in [5, 5.41) is 8.67. The molecular weight excluding hydrogens is 208 g/mol. The number of carbonyl (C=O) groups is 1.